The molecule has 0 radical (unpaired) electrons. The smallest absolute Gasteiger partial charge is 0.242 e. The number of anilines is 1. The topological polar surface area (TPSA) is 99.0 Å². The Labute approximate surface area is 154 Å². The molecule has 0 saturated carbocycles. The van der Waals surface area contributed by atoms with Crippen molar-refractivity contribution in [3.05, 3.63) is 54.2 Å². The van der Waals surface area contributed by atoms with Gasteiger partial charge in [0.15, 0.2) is 0 Å². The number of nitrogens with two attached hydrogens (primary N) is 2. The third-order valence-electron chi connectivity index (χ3n) is 3.68. The quantitative estimate of drug-likeness (QED) is 0.665. The zero-order valence-electron chi connectivity index (χ0n) is 13.4. The maximum Gasteiger partial charge on any atom is 0.242 e. The molecule has 6 nitrogen and oxygen atoms in total. The van der Waals surface area contributed by atoms with E-state index in [0.29, 0.717) is 5.69 Å². The van der Waals surface area contributed by atoms with E-state index in [4.69, 9.17) is 11.5 Å². The van der Waals surface area contributed by atoms with Crippen LogP contribution in [0.15, 0.2) is 48.7 Å². The summed E-state index contributed by atoms with van der Waals surface area (Å²) in [6.45, 7) is 2.14. The number of fused-ring (bicyclic) bond motifs is 1. The lowest BCUT2D eigenvalue weighted by atomic mass is 10.2. The maximum atomic E-state index is 11.9. The number of hydrogen-bond donors (Lipinski definition) is 3. The highest BCUT2D eigenvalue weighted by atomic mass is 32.1. The lowest BCUT2D eigenvalue weighted by Gasteiger charge is -2.11. The van der Waals surface area contributed by atoms with E-state index in [1.807, 2.05) is 48.0 Å². The van der Waals surface area contributed by atoms with Gasteiger partial charge in [0.25, 0.3) is 0 Å². The average Bonchev–Trinajstić information content (AvgIpc) is 2.97. The van der Waals surface area contributed by atoms with Crippen LogP contribution < -0.4 is 16.8 Å². The van der Waals surface area contributed by atoms with Gasteiger partial charge in [-0.3, -0.25) is 4.79 Å². The monoisotopic (exact) mass is 359 g/mol. The van der Waals surface area contributed by atoms with E-state index < -0.39 is 6.04 Å². The summed E-state index contributed by atoms with van der Waals surface area (Å²) in [5.74, 6) is -0.298. The minimum Gasteiger partial charge on any atom is -0.328 e. The van der Waals surface area contributed by atoms with Crippen molar-refractivity contribution in [2.24, 2.45) is 11.5 Å². The van der Waals surface area contributed by atoms with Crippen molar-refractivity contribution < 1.29 is 4.79 Å². The number of aryl methyl sites for hydroxylation is 1. The van der Waals surface area contributed by atoms with Crippen LogP contribution >= 0.6 is 13.5 Å². The van der Waals surface area contributed by atoms with E-state index in [-0.39, 0.29) is 33.4 Å². The number of rotatable bonds is 4. The molecule has 7 heteroatoms. The zero-order chi connectivity index (χ0) is 16.4. The van der Waals surface area contributed by atoms with Crippen LogP contribution in [0.1, 0.15) is 13.0 Å². The Bertz CT molecular complexity index is 862. The number of carbonyl (C=O) groups excluding carboxylic acids is 1. The first-order chi connectivity index (χ1) is 11.1. The number of benzene rings is 2. The number of aromatic nitrogens is 2. The number of amides is 1. The fraction of sp³-hybridized carbons (Fsp3) is 0.222. The molecule has 134 valence electrons. The molecule has 2 aromatic carbocycles. The predicted octanol–water partition coefficient (Wildman–Crippen LogP) is 2.31. The summed E-state index contributed by atoms with van der Waals surface area (Å²) < 4.78 is 1.85. The van der Waals surface area contributed by atoms with Crippen LogP contribution in [0.3, 0.4) is 0 Å². The van der Waals surface area contributed by atoms with Crippen molar-refractivity contribution in [2.45, 2.75) is 20.4 Å². The van der Waals surface area contributed by atoms with Gasteiger partial charge in [-0.25, -0.2) is 4.68 Å². The Hall–Kier alpha value is -2.35. The lowest BCUT2D eigenvalue weighted by Crippen LogP contribution is -2.41. The molecule has 1 atom stereocenters. The van der Waals surface area contributed by atoms with Crippen LogP contribution in [0.4, 0.5) is 5.69 Å². The van der Waals surface area contributed by atoms with Crippen molar-refractivity contribution in [1.82, 2.24) is 9.78 Å². The Morgan fingerprint density at radius 3 is 2.72 bits per heavy atom. The first-order valence-electron chi connectivity index (χ1n) is 7.40. The van der Waals surface area contributed by atoms with Gasteiger partial charge in [-0.05, 0) is 42.8 Å². The SMILES string of the molecule is C.Cc1cccc(-n2ncc3ccc(NC(=O)[C@@H](N)CN)cc32)c1.S. The number of nitrogens with zero attached hydrogens (tertiary/aromatic N) is 2. The molecular formula is C18H25N5OS. The van der Waals surface area contributed by atoms with Gasteiger partial charge in [0.05, 0.1) is 23.4 Å². The van der Waals surface area contributed by atoms with Crippen LogP contribution in [0.5, 0.6) is 0 Å². The van der Waals surface area contributed by atoms with Crippen molar-refractivity contribution in [3.8, 4) is 5.69 Å². The Balaban J connectivity index is 0.00000156. The van der Waals surface area contributed by atoms with Crippen molar-refractivity contribution >= 4 is 36.0 Å². The minimum absolute atomic E-state index is 0. The molecule has 0 saturated heterocycles. The second-order valence-electron chi connectivity index (χ2n) is 5.50. The summed E-state index contributed by atoms with van der Waals surface area (Å²) in [5.41, 5.74) is 14.8. The molecule has 0 unspecified atom stereocenters. The van der Waals surface area contributed by atoms with Gasteiger partial charge in [-0.1, -0.05) is 19.6 Å². The summed E-state index contributed by atoms with van der Waals surface area (Å²) in [7, 11) is 0. The molecular weight excluding hydrogens is 334 g/mol. The van der Waals surface area contributed by atoms with Gasteiger partial charge in [-0.15, -0.1) is 0 Å². The molecule has 0 aliphatic heterocycles. The van der Waals surface area contributed by atoms with Gasteiger partial charge < -0.3 is 16.8 Å². The maximum absolute atomic E-state index is 11.9. The van der Waals surface area contributed by atoms with E-state index in [0.717, 1.165) is 22.2 Å². The fourth-order valence-electron chi connectivity index (χ4n) is 2.40. The lowest BCUT2D eigenvalue weighted by molar-refractivity contribution is -0.117. The molecule has 0 spiro atoms. The Morgan fingerprint density at radius 2 is 2.04 bits per heavy atom. The molecule has 0 aliphatic rings. The largest absolute Gasteiger partial charge is 0.328 e. The molecule has 1 aromatic heterocycles. The molecule has 1 heterocycles. The highest BCUT2D eigenvalue weighted by Gasteiger charge is 2.12. The van der Waals surface area contributed by atoms with E-state index in [2.05, 4.69) is 16.5 Å². The minimum atomic E-state index is -0.715. The first-order valence-corrected chi connectivity index (χ1v) is 7.40. The van der Waals surface area contributed by atoms with Crippen molar-refractivity contribution in [3.63, 3.8) is 0 Å². The molecule has 5 N–H and O–H groups in total. The number of carbonyl (C=O) groups is 1. The second kappa shape index (κ2) is 8.66. The third-order valence-corrected chi connectivity index (χ3v) is 3.68. The first kappa shape index (κ1) is 20.7. The molecule has 3 rings (SSSR count). The molecule has 0 aliphatic carbocycles. The Kier molecular flexibility index (Phi) is 7.17. The highest BCUT2D eigenvalue weighted by molar-refractivity contribution is 7.59. The standard InChI is InChI=1S/C17H19N5O.CH4.H2S/c1-11-3-2-4-14(7-11)22-16-8-13(6-5-12(16)10-20-22)21-17(23)15(19)9-18;;/h2-8,10,15H,9,18-19H2,1H3,(H,21,23);1H4;1H2/t15-;;/m0../s1. The summed E-state index contributed by atoms with van der Waals surface area (Å²) >= 11 is 0. The average molecular weight is 359 g/mol. The van der Waals surface area contributed by atoms with Crippen molar-refractivity contribution in [2.75, 3.05) is 11.9 Å². The van der Waals surface area contributed by atoms with Gasteiger partial charge in [-0.2, -0.15) is 18.6 Å². The van der Waals surface area contributed by atoms with Crippen LogP contribution in [0.2, 0.25) is 0 Å². The van der Waals surface area contributed by atoms with Gasteiger partial charge >= 0.3 is 0 Å². The van der Waals surface area contributed by atoms with Crippen molar-refractivity contribution in [1.29, 1.82) is 0 Å². The van der Waals surface area contributed by atoms with Gasteiger partial charge in [0, 0.05) is 17.6 Å². The Morgan fingerprint density at radius 1 is 1.28 bits per heavy atom. The van der Waals surface area contributed by atoms with Crippen LogP contribution in [-0.4, -0.2) is 28.3 Å². The summed E-state index contributed by atoms with van der Waals surface area (Å²) in [6, 6.07) is 13.0. The molecule has 25 heavy (non-hydrogen) atoms. The number of nitrogens with one attached hydrogen (secondary N) is 1. The van der Waals surface area contributed by atoms with Crippen LogP contribution in [-0.2, 0) is 4.79 Å². The molecule has 0 fully saturated rings. The number of hydrogen-bond acceptors (Lipinski definition) is 4. The summed E-state index contributed by atoms with van der Waals surface area (Å²) in [4.78, 5) is 11.9. The summed E-state index contributed by atoms with van der Waals surface area (Å²) in [6.07, 6.45) is 1.80. The van der Waals surface area contributed by atoms with Crippen LogP contribution in [0, 0.1) is 6.92 Å². The van der Waals surface area contributed by atoms with Gasteiger partial charge in [0.1, 0.15) is 0 Å². The molecule has 0 bridgehead atoms. The normalized spacial score (nSPS) is 11.3. The predicted molar refractivity (Wildman–Crippen MR) is 109 cm³/mol. The zero-order valence-corrected chi connectivity index (χ0v) is 14.4. The van der Waals surface area contributed by atoms with E-state index in [9.17, 15) is 4.79 Å². The highest BCUT2D eigenvalue weighted by Crippen LogP contribution is 2.22. The second-order valence-corrected chi connectivity index (χ2v) is 5.50. The van der Waals surface area contributed by atoms with E-state index >= 15 is 0 Å². The molecule has 1 amide bonds. The van der Waals surface area contributed by atoms with E-state index in [1.165, 1.54) is 0 Å². The van der Waals surface area contributed by atoms with E-state index in [1.54, 1.807) is 6.20 Å². The van der Waals surface area contributed by atoms with Gasteiger partial charge in [0.2, 0.25) is 5.91 Å². The third kappa shape index (κ3) is 4.39. The summed E-state index contributed by atoms with van der Waals surface area (Å²) in [5, 5.41) is 8.21. The van der Waals surface area contributed by atoms with Crippen LogP contribution in [0.25, 0.3) is 16.6 Å². The molecule has 3 aromatic rings. The fourth-order valence-corrected chi connectivity index (χ4v) is 2.40.